The minimum Gasteiger partial charge on any atom is 0 e. The smallest absolute Gasteiger partial charge is 0 e. The number of hydrogen-bond donors (Lipinski definition) is 0. The first kappa shape index (κ1) is 28.0. The van der Waals surface area contributed by atoms with Crippen LogP contribution in [0.25, 0.3) is 0 Å². The second-order valence-corrected chi connectivity index (χ2v) is 0. The summed E-state index contributed by atoms with van der Waals surface area (Å²) in [7, 11) is 0. The van der Waals surface area contributed by atoms with Crippen molar-refractivity contribution >= 4 is 95.6 Å². The van der Waals surface area contributed by atoms with E-state index in [1.807, 2.05) is 0 Å². The van der Waals surface area contributed by atoms with E-state index in [0.29, 0.717) is 0 Å². The standard InChI is InChI=1S/Al.Ca.Na.Si. The fourth-order valence-corrected chi connectivity index (χ4v) is 0. The molecule has 4 heteroatoms. The average molecular weight is 118 g/mol. The van der Waals surface area contributed by atoms with Crippen molar-refractivity contribution in [3.8, 4) is 0 Å². The van der Waals surface area contributed by atoms with Crippen LogP contribution in [-0.4, -0.2) is 95.6 Å². The summed E-state index contributed by atoms with van der Waals surface area (Å²) in [4.78, 5) is 0. The molecule has 0 amide bonds. The van der Waals surface area contributed by atoms with Crippen LogP contribution in [0.3, 0.4) is 0 Å². The van der Waals surface area contributed by atoms with Crippen molar-refractivity contribution in [2.45, 2.75) is 0 Å². The predicted molar refractivity (Wildman–Crippen MR) is 23.0 cm³/mol. The van der Waals surface area contributed by atoms with E-state index in [2.05, 4.69) is 0 Å². The Bertz CT molecular complexity index is 8.00. The quantitative estimate of drug-likeness (QED) is 0.339. The van der Waals surface area contributed by atoms with E-state index < -0.39 is 0 Å². The normalized spacial score (nSPS) is 0. The topological polar surface area (TPSA) is 0 Å². The van der Waals surface area contributed by atoms with Crippen LogP contribution >= 0.6 is 0 Å². The van der Waals surface area contributed by atoms with E-state index in [-0.39, 0.29) is 95.6 Å². The maximum absolute atomic E-state index is 0. The Labute approximate surface area is 93.5 Å². The Hall–Kier alpha value is 3.01. The van der Waals surface area contributed by atoms with Gasteiger partial charge in [0.25, 0.3) is 0 Å². The van der Waals surface area contributed by atoms with Crippen LogP contribution in [0.5, 0.6) is 0 Å². The molecule has 0 aliphatic heterocycles. The van der Waals surface area contributed by atoms with E-state index in [1.165, 1.54) is 0 Å². The van der Waals surface area contributed by atoms with Gasteiger partial charge in [-0.1, -0.05) is 0 Å². The molecule has 0 fully saturated rings. The van der Waals surface area contributed by atoms with Crippen molar-refractivity contribution in [1.29, 1.82) is 0 Å². The van der Waals surface area contributed by atoms with Crippen molar-refractivity contribution in [2.24, 2.45) is 0 Å². The minimum absolute atomic E-state index is 0. The van der Waals surface area contributed by atoms with Crippen molar-refractivity contribution in [3.63, 3.8) is 0 Å². The summed E-state index contributed by atoms with van der Waals surface area (Å²) >= 11 is 0. The maximum Gasteiger partial charge on any atom is 0 e. The van der Waals surface area contributed by atoms with Gasteiger partial charge in [-0.15, -0.1) is 0 Å². The van der Waals surface area contributed by atoms with Crippen LogP contribution < -0.4 is 0 Å². The van der Waals surface area contributed by atoms with Gasteiger partial charge in [0, 0.05) is 95.6 Å². The Kier molecular flexibility index (Phi) is 116. The monoisotopic (exact) mass is 118 g/mol. The fraction of sp³-hybridized carbons (Fsp3) is 0. The zero-order valence-corrected chi connectivity index (χ0v) is 9.15. The van der Waals surface area contributed by atoms with Crippen LogP contribution in [0.1, 0.15) is 0 Å². The van der Waals surface area contributed by atoms with Crippen LogP contribution in [-0.2, 0) is 0 Å². The van der Waals surface area contributed by atoms with Gasteiger partial charge in [0.05, 0.1) is 0 Å². The maximum atomic E-state index is 0. The predicted octanol–water partition coefficient (Wildman–Crippen LogP) is -1.52. The molecule has 4 heavy (non-hydrogen) atoms. The third kappa shape index (κ3) is 8.89. The van der Waals surface area contributed by atoms with E-state index in [4.69, 9.17) is 0 Å². The molecule has 0 saturated heterocycles. The van der Waals surface area contributed by atoms with Crippen molar-refractivity contribution in [3.05, 3.63) is 0 Å². The SMILES string of the molecule is [Al].[Ca].[Na].[Si]. The van der Waals surface area contributed by atoms with E-state index >= 15 is 0 Å². The summed E-state index contributed by atoms with van der Waals surface area (Å²) < 4.78 is 0. The summed E-state index contributed by atoms with van der Waals surface area (Å²) in [5.74, 6) is 0. The molecular weight excluding hydrogens is 118 g/mol. The molecule has 0 spiro atoms. The summed E-state index contributed by atoms with van der Waals surface area (Å²) in [5.41, 5.74) is 0. The molecular formula is AlCaNaSi. The first-order chi connectivity index (χ1) is 0. The molecule has 0 unspecified atom stereocenters. The van der Waals surface area contributed by atoms with Gasteiger partial charge < -0.3 is 0 Å². The van der Waals surface area contributed by atoms with Crippen LogP contribution in [0.4, 0.5) is 0 Å². The van der Waals surface area contributed by atoms with Gasteiger partial charge in [-0.05, 0) is 0 Å². The number of hydrogen-bond acceptors (Lipinski definition) is 0. The molecule has 0 heterocycles. The van der Waals surface area contributed by atoms with E-state index in [1.54, 1.807) is 0 Å². The van der Waals surface area contributed by atoms with Gasteiger partial charge in [-0.3, -0.25) is 0 Å². The van der Waals surface area contributed by atoms with Crippen molar-refractivity contribution in [2.75, 3.05) is 0 Å². The third-order valence-corrected chi connectivity index (χ3v) is 0. The van der Waals surface area contributed by atoms with Gasteiger partial charge in [0.2, 0.25) is 0 Å². The van der Waals surface area contributed by atoms with Gasteiger partial charge in [0.15, 0.2) is 0 Å². The van der Waals surface area contributed by atoms with Gasteiger partial charge in [0.1, 0.15) is 0 Å². The second-order valence-electron chi connectivity index (χ2n) is 0. The number of rotatable bonds is 0. The van der Waals surface area contributed by atoms with Gasteiger partial charge in [-0.25, -0.2) is 0 Å². The molecule has 0 aliphatic rings. The van der Waals surface area contributed by atoms with Gasteiger partial charge >= 0.3 is 0 Å². The molecule has 0 aromatic carbocycles. The Balaban J connectivity index is 0. The summed E-state index contributed by atoms with van der Waals surface area (Å²) in [6, 6.07) is 0. The average Bonchev–Trinajstić information content (AvgIpc) is 0. The van der Waals surface area contributed by atoms with E-state index in [0.717, 1.165) is 0 Å². The summed E-state index contributed by atoms with van der Waals surface area (Å²) in [5, 5.41) is 0. The van der Waals surface area contributed by atoms with Crippen LogP contribution in [0, 0.1) is 0 Å². The molecule has 0 saturated carbocycles. The summed E-state index contributed by atoms with van der Waals surface area (Å²) in [6.07, 6.45) is 0. The molecule has 0 rings (SSSR count). The minimum atomic E-state index is 0. The Morgan fingerprint density at radius 3 is 1.00 bits per heavy atom. The third-order valence-electron chi connectivity index (χ3n) is 0. The van der Waals surface area contributed by atoms with E-state index in [9.17, 15) is 0 Å². The first-order valence-corrected chi connectivity index (χ1v) is 0. The molecule has 0 atom stereocenters. The first-order valence-electron chi connectivity index (χ1n) is 0. The Morgan fingerprint density at radius 2 is 1.00 bits per heavy atom. The zero-order chi connectivity index (χ0) is 0. The molecule has 10 radical (unpaired) electrons. The fourth-order valence-electron chi connectivity index (χ4n) is 0. The Morgan fingerprint density at radius 1 is 1.00 bits per heavy atom. The largest absolute Gasteiger partial charge is 0 e. The molecule has 10 valence electrons. The molecule has 0 nitrogen and oxygen atoms in total. The molecule has 0 aromatic rings. The van der Waals surface area contributed by atoms with Crippen LogP contribution in [0.2, 0.25) is 0 Å². The van der Waals surface area contributed by atoms with Crippen molar-refractivity contribution < 1.29 is 0 Å². The van der Waals surface area contributed by atoms with Gasteiger partial charge in [-0.2, -0.15) is 0 Å². The summed E-state index contributed by atoms with van der Waals surface area (Å²) in [6.45, 7) is 0. The zero-order valence-electron chi connectivity index (χ0n) is 2.78. The van der Waals surface area contributed by atoms with Crippen LogP contribution in [0.15, 0.2) is 0 Å². The molecule has 0 aromatic heterocycles. The molecule has 0 aliphatic carbocycles. The molecule has 0 bridgehead atoms. The molecule has 0 N–H and O–H groups in total. The second kappa shape index (κ2) is 16.7. The van der Waals surface area contributed by atoms with Crippen molar-refractivity contribution in [1.82, 2.24) is 0 Å².